The van der Waals surface area contributed by atoms with Gasteiger partial charge in [0.25, 0.3) is 5.56 Å². The Morgan fingerprint density at radius 2 is 1.93 bits per heavy atom. The zero-order valence-electron chi connectivity index (χ0n) is 15.6. The largest absolute Gasteiger partial charge is 0.291 e. The van der Waals surface area contributed by atoms with E-state index in [0.29, 0.717) is 33.4 Å². The minimum Gasteiger partial charge on any atom is -0.291 e. The number of fused-ring (bicyclic) bond motifs is 2. The molecule has 8 heteroatoms. The van der Waals surface area contributed by atoms with Gasteiger partial charge in [-0.1, -0.05) is 23.9 Å². The lowest BCUT2D eigenvalue weighted by Crippen LogP contribution is -2.22. The second kappa shape index (κ2) is 7.14. The first-order chi connectivity index (χ1) is 14.2. The van der Waals surface area contributed by atoms with Crippen LogP contribution in [0.15, 0.2) is 77.2 Å². The van der Waals surface area contributed by atoms with Gasteiger partial charge in [-0.3, -0.25) is 9.20 Å². The minimum absolute atomic E-state index is 0.132. The number of imidazole rings is 1. The molecule has 0 amide bonds. The number of hydrogen-bond donors (Lipinski definition) is 0. The SMILES string of the molecule is Cc1ccnc(-n2c(SCc3cn4cccnc4n3)nc3ccccc3c2=O)c1. The second-order valence-corrected chi connectivity index (χ2v) is 7.53. The van der Waals surface area contributed by atoms with Crippen LogP contribution < -0.4 is 5.56 Å². The predicted molar refractivity (Wildman–Crippen MR) is 112 cm³/mol. The Bertz CT molecular complexity index is 1370. The smallest absolute Gasteiger partial charge is 0.267 e. The first-order valence-corrected chi connectivity index (χ1v) is 10.0. The number of rotatable bonds is 4. The van der Waals surface area contributed by atoms with Gasteiger partial charge in [0.2, 0.25) is 5.78 Å². The number of thioether (sulfide) groups is 1. The molecule has 0 saturated carbocycles. The third-order valence-electron chi connectivity index (χ3n) is 4.51. The van der Waals surface area contributed by atoms with Gasteiger partial charge in [-0.15, -0.1) is 0 Å². The molecule has 142 valence electrons. The van der Waals surface area contributed by atoms with Crippen molar-refractivity contribution in [1.29, 1.82) is 0 Å². The highest BCUT2D eigenvalue weighted by Gasteiger charge is 2.15. The van der Waals surface area contributed by atoms with E-state index < -0.39 is 0 Å². The van der Waals surface area contributed by atoms with Gasteiger partial charge in [-0.05, 0) is 42.8 Å². The summed E-state index contributed by atoms with van der Waals surface area (Å²) in [5.41, 5.74) is 2.42. The average molecular weight is 400 g/mol. The maximum atomic E-state index is 13.3. The first kappa shape index (κ1) is 17.6. The van der Waals surface area contributed by atoms with Crippen molar-refractivity contribution in [3.8, 4) is 5.82 Å². The average Bonchev–Trinajstić information content (AvgIpc) is 3.15. The zero-order valence-corrected chi connectivity index (χ0v) is 16.4. The van der Waals surface area contributed by atoms with E-state index in [9.17, 15) is 4.79 Å². The topological polar surface area (TPSA) is 78.0 Å². The number of aryl methyl sites for hydroxylation is 1. The van der Waals surface area contributed by atoms with Crippen LogP contribution in [-0.2, 0) is 5.75 Å². The quantitative estimate of drug-likeness (QED) is 0.340. The molecule has 4 heterocycles. The van der Waals surface area contributed by atoms with E-state index in [1.165, 1.54) is 11.8 Å². The predicted octanol–water partition coefficient (Wildman–Crippen LogP) is 3.42. The molecule has 0 aliphatic rings. The van der Waals surface area contributed by atoms with Crippen molar-refractivity contribution in [3.63, 3.8) is 0 Å². The summed E-state index contributed by atoms with van der Waals surface area (Å²) in [7, 11) is 0. The number of aromatic nitrogens is 6. The Morgan fingerprint density at radius 3 is 2.79 bits per heavy atom. The van der Waals surface area contributed by atoms with Crippen LogP contribution in [0.4, 0.5) is 0 Å². The van der Waals surface area contributed by atoms with E-state index in [0.717, 1.165) is 11.3 Å². The Kier molecular flexibility index (Phi) is 4.33. The van der Waals surface area contributed by atoms with Crippen LogP contribution in [0.5, 0.6) is 0 Å². The fourth-order valence-electron chi connectivity index (χ4n) is 3.14. The highest BCUT2D eigenvalue weighted by Crippen LogP contribution is 2.24. The lowest BCUT2D eigenvalue weighted by atomic mass is 10.2. The van der Waals surface area contributed by atoms with E-state index in [1.54, 1.807) is 23.0 Å². The molecule has 5 rings (SSSR count). The van der Waals surface area contributed by atoms with Crippen LogP contribution in [0, 0.1) is 6.92 Å². The summed E-state index contributed by atoms with van der Waals surface area (Å²) in [6.07, 6.45) is 7.26. The van der Waals surface area contributed by atoms with Crippen LogP contribution in [-0.4, -0.2) is 28.9 Å². The number of para-hydroxylation sites is 1. The van der Waals surface area contributed by atoms with E-state index in [1.807, 2.05) is 60.1 Å². The number of pyridine rings is 1. The van der Waals surface area contributed by atoms with Gasteiger partial charge in [0.15, 0.2) is 5.16 Å². The van der Waals surface area contributed by atoms with Gasteiger partial charge in [0.05, 0.1) is 16.6 Å². The molecule has 0 radical (unpaired) electrons. The van der Waals surface area contributed by atoms with Gasteiger partial charge in [-0.25, -0.2) is 24.5 Å². The summed E-state index contributed by atoms with van der Waals surface area (Å²) < 4.78 is 3.45. The second-order valence-electron chi connectivity index (χ2n) is 6.59. The van der Waals surface area contributed by atoms with Crippen LogP contribution >= 0.6 is 11.8 Å². The summed E-state index contributed by atoms with van der Waals surface area (Å²) in [5.74, 6) is 1.76. The molecular weight excluding hydrogens is 384 g/mol. The van der Waals surface area contributed by atoms with Gasteiger partial charge >= 0.3 is 0 Å². The molecule has 1 aromatic carbocycles. The molecule has 4 aromatic heterocycles. The monoisotopic (exact) mass is 400 g/mol. The van der Waals surface area contributed by atoms with Gasteiger partial charge < -0.3 is 0 Å². The molecule has 0 spiro atoms. The molecule has 0 N–H and O–H groups in total. The van der Waals surface area contributed by atoms with Crippen LogP contribution in [0.1, 0.15) is 11.3 Å². The summed E-state index contributed by atoms with van der Waals surface area (Å²) in [6.45, 7) is 1.97. The normalized spacial score (nSPS) is 11.3. The van der Waals surface area contributed by atoms with E-state index >= 15 is 0 Å². The molecule has 0 atom stereocenters. The Hall–Kier alpha value is -3.52. The van der Waals surface area contributed by atoms with Crippen LogP contribution in [0.3, 0.4) is 0 Å². The van der Waals surface area contributed by atoms with Crippen molar-refractivity contribution in [2.75, 3.05) is 0 Å². The van der Waals surface area contributed by atoms with Crippen molar-refractivity contribution in [2.45, 2.75) is 17.8 Å². The van der Waals surface area contributed by atoms with E-state index in [2.05, 4.69) is 15.0 Å². The summed E-state index contributed by atoms with van der Waals surface area (Å²) in [4.78, 5) is 31.2. The third kappa shape index (κ3) is 3.27. The maximum absolute atomic E-state index is 13.3. The molecule has 0 bridgehead atoms. The number of hydrogen-bond acceptors (Lipinski definition) is 6. The number of benzene rings is 1. The third-order valence-corrected chi connectivity index (χ3v) is 5.48. The summed E-state index contributed by atoms with van der Waals surface area (Å²) >= 11 is 1.45. The van der Waals surface area contributed by atoms with Crippen LogP contribution in [0.25, 0.3) is 22.5 Å². The summed E-state index contributed by atoms with van der Waals surface area (Å²) in [5, 5.41) is 1.15. The Morgan fingerprint density at radius 1 is 1.03 bits per heavy atom. The molecule has 0 aliphatic carbocycles. The molecule has 0 aliphatic heterocycles. The van der Waals surface area contributed by atoms with Crippen LogP contribution in [0.2, 0.25) is 0 Å². The molecule has 0 unspecified atom stereocenters. The molecule has 0 saturated heterocycles. The van der Waals surface area contributed by atoms with E-state index in [-0.39, 0.29) is 5.56 Å². The fourth-order valence-corrected chi connectivity index (χ4v) is 4.03. The standard InChI is InChI=1S/C21H16N6OS/c1-14-7-9-22-18(11-14)27-19(28)16-5-2-3-6-17(16)25-21(27)29-13-15-12-26-10-4-8-23-20(26)24-15/h2-12H,13H2,1H3. The molecule has 29 heavy (non-hydrogen) atoms. The number of nitrogens with zero attached hydrogens (tertiary/aromatic N) is 6. The van der Waals surface area contributed by atoms with Crippen molar-refractivity contribution in [3.05, 3.63) is 88.9 Å². The van der Waals surface area contributed by atoms with Gasteiger partial charge in [0.1, 0.15) is 5.82 Å². The van der Waals surface area contributed by atoms with Gasteiger partial charge in [-0.2, -0.15) is 0 Å². The lowest BCUT2D eigenvalue weighted by Gasteiger charge is -2.12. The molecular formula is C21H16N6OS. The molecule has 7 nitrogen and oxygen atoms in total. The Balaban J connectivity index is 1.61. The fraction of sp³-hybridized carbons (Fsp3) is 0.0952. The van der Waals surface area contributed by atoms with Crippen molar-refractivity contribution >= 4 is 28.4 Å². The van der Waals surface area contributed by atoms with Gasteiger partial charge in [0, 0.05) is 30.5 Å². The van der Waals surface area contributed by atoms with E-state index in [4.69, 9.17) is 4.98 Å². The zero-order chi connectivity index (χ0) is 19.8. The molecule has 5 aromatic rings. The van der Waals surface area contributed by atoms with Crippen molar-refractivity contribution in [2.24, 2.45) is 0 Å². The molecule has 0 fully saturated rings. The maximum Gasteiger partial charge on any atom is 0.267 e. The highest BCUT2D eigenvalue weighted by molar-refractivity contribution is 7.98. The Labute approximate surface area is 170 Å². The van der Waals surface area contributed by atoms with Crippen molar-refractivity contribution < 1.29 is 0 Å². The van der Waals surface area contributed by atoms with Crippen molar-refractivity contribution in [1.82, 2.24) is 28.9 Å². The highest BCUT2D eigenvalue weighted by atomic mass is 32.2. The minimum atomic E-state index is -0.132. The first-order valence-electron chi connectivity index (χ1n) is 9.05. The lowest BCUT2D eigenvalue weighted by molar-refractivity contribution is 0.794. The summed E-state index contributed by atoms with van der Waals surface area (Å²) in [6, 6.07) is 13.0.